The van der Waals surface area contributed by atoms with Crippen LogP contribution in [0.2, 0.25) is 5.02 Å². The molecule has 0 bridgehead atoms. The molecule has 0 spiro atoms. The van der Waals surface area contributed by atoms with E-state index in [9.17, 15) is 13.2 Å². The topological polar surface area (TPSA) is 75.3 Å². The van der Waals surface area contributed by atoms with Gasteiger partial charge in [-0.1, -0.05) is 41.9 Å². The Kier molecular flexibility index (Phi) is 5.28. The van der Waals surface area contributed by atoms with Crippen LogP contribution in [0.4, 0.5) is 5.69 Å². The second-order valence-corrected chi connectivity index (χ2v) is 7.33. The Labute approximate surface area is 140 Å². The van der Waals surface area contributed by atoms with E-state index in [2.05, 4.69) is 10.0 Å². The van der Waals surface area contributed by atoms with Crippen molar-refractivity contribution in [1.82, 2.24) is 5.32 Å². The smallest absolute Gasteiger partial charge is 0.253 e. The number of amides is 1. The molecule has 0 saturated heterocycles. The predicted molar refractivity (Wildman–Crippen MR) is 92.2 cm³/mol. The lowest BCUT2D eigenvalue weighted by Crippen LogP contribution is -2.26. The van der Waals surface area contributed by atoms with Gasteiger partial charge in [0.25, 0.3) is 5.91 Å². The van der Waals surface area contributed by atoms with Crippen LogP contribution in [0.15, 0.2) is 48.5 Å². The van der Waals surface area contributed by atoms with Gasteiger partial charge in [0.2, 0.25) is 10.0 Å². The van der Waals surface area contributed by atoms with Crippen LogP contribution in [0.25, 0.3) is 0 Å². The number of rotatable bonds is 5. The van der Waals surface area contributed by atoms with Gasteiger partial charge in [0.05, 0.1) is 22.9 Å². The summed E-state index contributed by atoms with van der Waals surface area (Å²) in [6.45, 7) is 1.88. The molecule has 0 saturated carbocycles. The summed E-state index contributed by atoms with van der Waals surface area (Å²) < 4.78 is 24.7. The SMILES string of the molecule is C[C@H](NC(=O)c1ccc(NS(C)(=O)=O)cc1Cl)c1ccccc1. The highest BCUT2D eigenvalue weighted by Gasteiger charge is 2.15. The van der Waals surface area contributed by atoms with E-state index < -0.39 is 10.0 Å². The fraction of sp³-hybridized carbons (Fsp3) is 0.188. The summed E-state index contributed by atoms with van der Waals surface area (Å²) in [6.07, 6.45) is 1.04. The van der Waals surface area contributed by atoms with Crippen molar-refractivity contribution in [1.29, 1.82) is 0 Å². The predicted octanol–water partition coefficient (Wildman–Crippen LogP) is 3.20. The molecule has 122 valence electrons. The number of carbonyl (C=O) groups is 1. The number of sulfonamides is 1. The second kappa shape index (κ2) is 7.02. The Hall–Kier alpha value is -2.05. The van der Waals surface area contributed by atoms with Crippen molar-refractivity contribution < 1.29 is 13.2 Å². The van der Waals surface area contributed by atoms with E-state index >= 15 is 0 Å². The molecule has 2 aromatic carbocycles. The first kappa shape index (κ1) is 17.3. The van der Waals surface area contributed by atoms with Crippen LogP contribution >= 0.6 is 11.6 Å². The second-order valence-electron chi connectivity index (χ2n) is 5.17. The summed E-state index contributed by atoms with van der Waals surface area (Å²) in [5, 5.41) is 3.04. The number of hydrogen-bond donors (Lipinski definition) is 2. The van der Waals surface area contributed by atoms with Gasteiger partial charge in [-0.05, 0) is 30.7 Å². The zero-order valence-corrected chi connectivity index (χ0v) is 14.3. The molecular formula is C16H17ClN2O3S. The van der Waals surface area contributed by atoms with Gasteiger partial charge in [0, 0.05) is 5.69 Å². The first-order valence-electron chi connectivity index (χ1n) is 6.89. The minimum Gasteiger partial charge on any atom is -0.345 e. The summed E-state index contributed by atoms with van der Waals surface area (Å²) in [5.41, 5.74) is 1.57. The fourth-order valence-corrected chi connectivity index (χ4v) is 2.90. The molecule has 0 aromatic heterocycles. The summed E-state index contributed by atoms with van der Waals surface area (Å²) in [4.78, 5) is 12.3. The number of anilines is 1. The standard InChI is InChI=1S/C16H17ClN2O3S/c1-11(12-6-4-3-5-7-12)18-16(20)14-9-8-13(10-15(14)17)19-23(2,21)22/h3-11,19H,1-2H3,(H,18,20)/t11-/m0/s1. The van der Waals surface area contributed by atoms with Crippen LogP contribution in [0, 0.1) is 0 Å². The van der Waals surface area contributed by atoms with Crippen molar-refractivity contribution in [3.05, 3.63) is 64.7 Å². The van der Waals surface area contributed by atoms with E-state index in [0.29, 0.717) is 5.69 Å². The molecule has 0 unspecified atom stereocenters. The third-order valence-electron chi connectivity index (χ3n) is 3.16. The van der Waals surface area contributed by atoms with Crippen LogP contribution in [0.3, 0.4) is 0 Å². The van der Waals surface area contributed by atoms with Crippen LogP contribution in [-0.2, 0) is 10.0 Å². The Morgan fingerprint density at radius 2 is 1.78 bits per heavy atom. The number of carbonyl (C=O) groups excluding carboxylic acids is 1. The molecule has 0 heterocycles. The van der Waals surface area contributed by atoms with E-state index in [1.54, 1.807) is 0 Å². The maximum absolute atomic E-state index is 12.3. The quantitative estimate of drug-likeness (QED) is 0.867. The van der Waals surface area contributed by atoms with Gasteiger partial charge in [-0.15, -0.1) is 0 Å². The summed E-state index contributed by atoms with van der Waals surface area (Å²) in [7, 11) is -3.39. The zero-order valence-electron chi connectivity index (χ0n) is 12.7. The molecule has 0 aliphatic carbocycles. The maximum Gasteiger partial charge on any atom is 0.253 e. The van der Waals surface area contributed by atoms with Crippen molar-refractivity contribution >= 4 is 33.2 Å². The Morgan fingerprint density at radius 1 is 1.13 bits per heavy atom. The first-order valence-corrected chi connectivity index (χ1v) is 9.16. The summed E-state index contributed by atoms with van der Waals surface area (Å²) >= 11 is 6.09. The molecule has 7 heteroatoms. The van der Waals surface area contributed by atoms with E-state index in [4.69, 9.17) is 11.6 Å². The molecule has 0 aliphatic heterocycles. The monoisotopic (exact) mass is 352 g/mol. The van der Waals surface area contributed by atoms with Crippen molar-refractivity contribution in [3.63, 3.8) is 0 Å². The van der Waals surface area contributed by atoms with Gasteiger partial charge in [-0.2, -0.15) is 0 Å². The van der Waals surface area contributed by atoms with Crippen molar-refractivity contribution in [2.75, 3.05) is 11.0 Å². The summed E-state index contributed by atoms with van der Waals surface area (Å²) in [5.74, 6) is -0.322. The van der Waals surface area contributed by atoms with Crippen LogP contribution in [-0.4, -0.2) is 20.6 Å². The molecule has 23 heavy (non-hydrogen) atoms. The van der Waals surface area contributed by atoms with Gasteiger partial charge >= 0.3 is 0 Å². The normalized spacial score (nSPS) is 12.5. The minimum absolute atomic E-state index is 0.173. The van der Waals surface area contributed by atoms with E-state index in [-0.39, 0.29) is 22.5 Å². The van der Waals surface area contributed by atoms with E-state index in [1.165, 1.54) is 18.2 Å². The minimum atomic E-state index is -3.39. The molecule has 2 rings (SSSR count). The average Bonchev–Trinajstić information content (AvgIpc) is 2.46. The van der Waals surface area contributed by atoms with Gasteiger partial charge in [0.1, 0.15) is 0 Å². The average molecular weight is 353 g/mol. The highest BCUT2D eigenvalue weighted by atomic mass is 35.5. The third-order valence-corrected chi connectivity index (χ3v) is 4.08. The van der Waals surface area contributed by atoms with Gasteiger partial charge in [0.15, 0.2) is 0 Å². The molecule has 1 amide bonds. The Morgan fingerprint density at radius 3 is 2.35 bits per heavy atom. The lowest BCUT2D eigenvalue weighted by Gasteiger charge is -2.15. The van der Waals surface area contributed by atoms with Crippen LogP contribution in [0.1, 0.15) is 28.9 Å². The first-order chi connectivity index (χ1) is 10.8. The van der Waals surface area contributed by atoms with E-state index in [0.717, 1.165) is 11.8 Å². The van der Waals surface area contributed by atoms with Crippen LogP contribution in [0.5, 0.6) is 0 Å². The molecule has 0 radical (unpaired) electrons. The van der Waals surface area contributed by atoms with Gasteiger partial charge in [-0.3, -0.25) is 9.52 Å². The molecule has 0 aliphatic rings. The largest absolute Gasteiger partial charge is 0.345 e. The number of hydrogen-bond acceptors (Lipinski definition) is 3. The van der Waals surface area contributed by atoms with Crippen molar-refractivity contribution in [2.45, 2.75) is 13.0 Å². The molecule has 5 nitrogen and oxygen atoms in total. The van der Waals surface area contributed by atoms with Crippen molar-refractivity contribution in [2.24, 2.45) is 0 Å². The van der Waals surface area contributed by atoms with Gasteiger partial charge in [-0.25, -0.2) is 8.42 Å². The Balaban J connectivity index is 2.14. The van der Waals surface area contributed by atoms with Gasteiger partial charge < -0.3 is 5.32 Å². The lowest BCUT2D eigenvalue weighted by atomic mass is 10.1. The molecular weight excluding hydrogens is 336 g/mol. The summed E-state index contributed by atoms with van der Waals surface area (Å²) in [6, 6.07) is 13.8. The molecule has 2 aromatic rings. The Bertz CT molecular complexity index is 807. The molecule has 1 atom stereocenters. The number of halogens is 1. The van der Waals surface area contributed by atoms with E-state index in [1.807, 2.05) is 37.3 Å². The maximum atomic E-state index is 12.3. The molecule has 0 fully saturated rings. The van der Waals surface area contributed by atoms with Crippen molar-refractivity contribution in [3.8, 4) is 0 Å². The van der Waals surface area contributed by atoms with Crippen LogP contribution < -0.4 is 10.0 Å². The highest BCUT2D eigenvalue weighted by Crippen LogP contribution is 2.22. The molecule has 2 N–H and O–H groups in total. The lowest BCUT2D eigenvalue weighted by molar-refractivity contribution is 0.0940. The fourth-order valence-electron chi connectivity index (χ4n) is 2.08. The third kappa shape index (κ3) is 4.97. The zero-order chi connectivity index (χ0) is 17.0. The number of nitrogens with one attached hydrogen (secondary N) is 2. The highest BCUT2D eigenvalue weighted by molar-refractivity contribution is 7.92. The number of benzene rings is 2.